The van der Waals surface area contributed by atoms with Crippen molar-refractivity contribution in [1.29, 1.82) is 0 Å². The summed E-state index contributed by atoms with van der Waals surface area (Å²) in [4.78, 5) is 12.1. The number of ether oxygens (including phenoxy) is 1. The lowest BCUT2D eigenvalue weighted by atomic mass is 10.00. The Morgan fingerprint density at radius 1 is 1.12 bits per heavy atom. The predicted octanol–water partition coefficient (Wildman–Crippen LogP) is 6.10. The van der Waals surface area contributed by atoms with Crippen LogP contribution in [0.2, 0.25) is 5.02 Å². The first kappa shape index (κ1) is 22.9. The lowest BCUT2D eigenvalue weighted by Gasteiger charge is -2.12. The fraction of sp³-hybridized carbons (Fsp3) is 0.308. The van der Waals surface area contributed by atoms with Crippen LogP contribution in [0, 0.1) is 27.7 Å². The highest BCUT2D eigenvalue weighted by Gasteiger charge is 2.20. The van der Waals surface area contributed by atoms with Gasteiger partial charge in [0.15, 0.2) is 0 Å². The van der Waals surface area contributed by atoms with Crippen LogP contribution in [0.3, 0.4) is 0 Å². The predicted molar refractivity (Wildman–Crippen MR) is 132 cm³/mol. The van der Waals surface area contributed by atoms with Crippen molar-refractivity contribution in [2.75, 3.05) is 6.61 Å². The second kappa shape index (κ2) is 8.94. The first-order valence-electron chi connectivity index (χ1n) is 10.9. The van der Waals surface area contributed by atoms with Crippen molar-refractivity contribution in [3.63, 3.8) is 0 Å². The second-order valence-electron chi connectivity index (χ2n) is 8.47. The fourth-order valence-electron chi connectivity index (χ4n) is 4.49. The molecule has 0 saturated heterocycles. The van der Waals surface area contributed by atoms with Crippen molar-refractivity contribution in [1.82, 2.24) is 14.3 Å². The summed E-state index contributed by atoms with van der Waals surface area (Å²) in [7, 11) is 1.92. The number of carbonyl (C=O) groups is 1. The number of nitrogens with zero attached hydrogens (tertiary/aromatic N) is 3. The fourth-order valence-corrected chi connectivity index (χ4v) is 4.60. The molecule has 0 fully saturated rings. The van der Waals surface area contributed by atoms with Gasteiger partial charge in [-0.1, -0.05) is 23.7 Å². The maximum absolute atomic E-state index is 12.1. The lowest BCUT2D eigenvalue weighted by Crippen LogP contribution is -2.11. The van der Waals surface area contributed by atoms with Gasteiger partial charge >= 0.3 is 5.97 Å². The summed E-state index contributed by atoms with van der Waals surface area (Å²) < 4.78 is 9.65. The van der Waals surface area contributed by atoms with Gasteiger partial charge in [-0.25, -0.2) is 4.79 Å². The average molecular weight is 466 g/mol. The molecule has 2 aromatic carbocycles. The van der Waals surface area contributed by atoms with Gasteiger partial charge in [0, 0.05) is 40.8 Å². The number of carboxylic acid groups (broad SMARTS) is 1. The molecular formula is C26H28ClN3O3. The van der Waals surface area contributed by atoms with Crippen molar-refractivity contribution in [2.24, 2.45) is 7.05 Å². The van der Waals surface area contributed by atoms with E-state index in [1.54, 1.807) is 6.07 Å². The van der Waals surface area contributed by atoms with E-state index in [-0.39, 0.29) is 5.69 Å². The monoisotopic (exact) mass is 465 g/mol. The van der Waals surface area contributed by atoms with E-state index in [1.165, 1.54) is 0 Å². The van der Waals surface area contributed by atoms with Crippen LogP contribution in [0.4, 0.5) is 0 Å². The molecule has 0 spiro atoms. The molecule has 0 radical (unpaired) electrons. The number of carboxylic acids is 1. The number of halogens is 1. The molecular weight excluding hydrogens is 438 g/mol. The topological polar surface area (TPSA) is 69.3 Å². The van der Waals surface area contributed by atoms with Gasteiger partial charge < -0.3 is 14.4 Å². The molecule has 0 bridgehead atoms. The maximum atomic E-state index is 12.1. The summed E-state index contributed by atoms with van der Waals surface area (Å²) in [6.45, 7) is 8.92. The van der Waals surface area contributed by atoms with Crippen LogP contribution >= 0.6 is 11.6 Å². The number of fused-ring (bicyclic) bond motifs is 1. The van der Waals surface area contributed by atoms with E-state index in [9.17, 15) is 9.90 Å². The minimum Gasteiger partial charge on any atom is -0.494 e. The van der Waals surface area contributed by atoms with E-state index in [4.69, 9.17) is 16.3 Å². The Balaban J connectivity index is 1.62. The number of rotatable bonds is 7. The number of benzene rings is 2. The summed E-state index contributed by atoms with van der Waals surface area (Å²) in [5, 5.41) is 16.1. The largest absolute Gasteiger partial charge is 0.494 e. The number of hydrogen-bond donors (Lipinski definition) is 1. The first-order valence-corrected chi connectivity index (χ1v) is 11.3. The molecule has 7 heteroatoms. The van der Waals surface area contributed by atoms with Gasteiger partial charge in [0.05, 0.1) is 12.3 Å². The molecule has 4 aromatic rings. The van der Waals surface area contributed by atoms with Crippen LogP contribution < -0.4 is 4.74 Å². The number of aromatic nitrogens is 3. The molecule has 0 aliphatic rings. The Morgan fingerprint density at radius 2 is 1.82 bits per heavy atom. The summed E-state index contributed by atoms with van der Waals surface area (Å²) in [5.41, 5.74) is 7.14. The van der Waals surface area contributed by atoms with Crippen LogP contribution in [-0.2, 0) is 13.6 Å². The SMILES string of the molecule is Cc1cc(OCCCn2c(C(=O)O)cc3c(-c4c(C)nn(C)c4C)cccc32)cc(C)c1Cl. The quantitative estimate of drug-likeness (QED) is 0.335. The standard InChI is InChI=1S/C26H28ClN3O3/c1-15-12-19(13-16(2)25(15)27)33-11-7-10-30-22-9-6-8-20(21(22)14-23(30)26(31)32)24-17(3)28-29(5)18(24)4/h6,8-9,12-14H,7,10-11H2,1-5H3,(H,31,32). The summed E-state index contributed by atoms with van der Waals surface area (Å²) in [6.07, 6.45) is 0.667. The van der Waals surface area contributed by atoms with Gasteiger partial charge in [-0.2, -0.15) is 5.10 Å². The molecule has 0 aliphatic heterocycles. The smallest absolute Gasteiger partial charge is 0.352 e. The Labute approximate surface area is 198 Å². The molecule has 2 aromatic heterocycles. The van der Waals surface area contributed by atoms with E-state index in [0.29, 0.717) is 19.6 Å². The van der Waals surface area contributed by atoms with Crippen LogP contribution in [0.25, 0.3) is 22.0 Å². The number of aryl methyl sites for hydroxylation is 5. The molecule has 0 unspecified atom stereocenters. The highest BCUT2D eigenvalue weighted by molar-refractivity contribution is 6.32. The molecule has 0 amide bonds. The zero-order valence-corrected chi connectivity index (χ0v) is 20.3. The van der Waals surface area contributed by atoms with Gasteiger partial charge in [-0.15, -0.1) is 0 Å². The molecule has 1 N–H and O–H groups in total. The van der Waals surface area contributed by atoms with Gasteiger partial charge in [-0.05, 0) is 75.1 Å². The zero-order chi connectivity index (χ0) is 23.9. The molecule has 172 valence electrons. The third-order valence-electron chi connectivity index (χ3n) is 6.15. The highest BCUT2D eigenvalue weighted by Crippen LogP contribution is 2.35. The van der Waals surface area contributed by atoms with Crippen LogP contribution in [0.5, 0.6) is 5.75 Å². The normalized spacial score (nSPS) is 11.3. The van der Waals surface area contributed by atoms with E-state index in [2.05, 4.69) is 5.10 Å². The van der Waals surface area contributed by atoms with E-state index >= 15 is 0 Å². The molecule has 33 heavy (non-hydrogen) atoms. The molecule has 4 rings (SSSR count). The number of hydrogen-bond acceptors (Lipinski definition) is 3. The molecule has 0 atom stereocenters. The average Bonchev–Trinajstić information content (AvgIpc) is 3.26. The van der Waals surface area contributed by atoms with Crippen LogP contribution in [-0.4, -0.2) is 32.0 Å². The van der Waals surface area contributed by atoms with Gasteiger partial charge in [0.25, 0.3) is 0 Å². The van der Waals surface area contributed by atoms with Crippen molar-refractivity contribution >= 4 is 28.5 Å². The maximum Gasteiger partial charge on any atom is 0.352 e. The lowest BCUT2D eigenvalue weighted by molar-refractivity contribution is 0.0685. The third kappa shape index (κ3) is 4.23. The third-order valence-corrected chi connectivity index (χ3v) is 6.74. The van der Waals surface area contributed by atoms with Gasteiger partial charge in [0.2, 0.25) is 0 Å². The second-order valence-corrected chi connectivity index (χ2v) is 8.85. The summed E-state index contributed by atoms with van der Waals surface area (Å²) >= 11 is 6.24. The molecule has 0 saturated carbocycles. The molecule has 2 heterocycles. The van der Waals surface area contributed by atoms with Crippen molar-refractivity contribution < 1.29 is 14.6 Å². The number of aromatic carboxylic acids is 1. The van der Waals surface area contributed by atoms with Crippen molar-refractivity contribution in [2.45, 2.75) is 40.7 Å². The van der Waals surface area contributed by atoms with E-state index in [1.807, 2.05) is 74.3 Å². The zero-order valence-electron chi connectivity index (χ0n) is 19.6. The summed E-state index contributed by atoms with van der Waals surface area (Å²) in [6, 6.07) is 11.6. The van der Waals surface area contributed by atoms with Crippen molar-refractivity contribution in [3.8, 4) is 16.9 Å². The Hall–Kier alpha value is -3.25. The highest BCUT2D eigenvalue weighted by atomic mass is 35.5. The minimum absolute atomic E-state index is 0.273. The Kier molecular flexibility index (Phi) is 6.21. The first-order chi connectivity index (χ1) is 15.7. The Bertz CT molecular complexity index is 1340. The summed E-state index contributed by atoms with van der Waals surface area (Å²) in [5.74, 6) is -0.170. The van der Waals surface area contributed by atoms with Crippen LogP contribution in [0.15, 0.2) is 36.4 Å². The van der Waals surface area contributed by atoms with Gasteiger partial charge in [0.1, 0.15) is 11.4 Å². The minimum atomic E-state index is -0.943. The van der Waals surface area contributed by atoms with E-state index in [0.717, 1.165) is 55.3 Å². The molecule has 6 nitrogen and oxygen atoms in total. The van der Waals surface area contributed by atoms with Crippen molar-refractivity contribution in [3.05, 3.63) is 69.6 Å². The Morgan fingerprint density at radius 3 is 2.42 bits per heavy atom. The van der Waals surface area contributed by atoms with Crippen LogP contribution in [0.1, 0.15) is 39.4 Å². The van der Waals surface area contributed by atoms with Gasteiger partial charge in [-0.3, -0.25) is 4.68 Å². The molecule has 0 aliphatic carbocycles. The van der Waals surface area contributed by atoms with E-state index < -0.39 is 5.97 Å².